The van der Waals surface area contributed by atoms with Crippen molar-refractivity contribution >= 4 is 20.1 Å². The van der Waals surface area contributed by atoms with Crippen molar-refractivity contribution in [2.75, 3.05) is 9.86 Å². The Hall–Kier alpha value is 0.650. The van der Waals surface area contributed by atoms with Gasteiger partial charge in [0, 0.05) is 0 Å². The summed E-state index contributed by atoms with van der Waals surface area (Å²) in [6, 6.07) is 1.43. The standard InChI is InChI=1S/C10H20INO/c1-10(13)6-8-4-5-9(7-10)12(8)11(2)3/h8-9,13H,4-7H2,1-3H3. The van der Waals surface area contributed by atoms with Crippen LogP contribution >= 0.6 is 20.1 Å². The van der Waals surface area contributed by atoms with Crippen molar-refractivity contribution in [3.63, 3.8) is 0 Å². The van der Waals surface area contributed by atoms with Crippen LogP contribution in [-0.4, -0.2) is 35.8 Å². The molecule has 2 fully saturated rings. The number of halogens is 1. The van der Waals surface area contributed by atoms with E-state index in [0.717, 1.165) is 12.8 Å². The van der Waals surface area contributed by atoms with Crippen LogP contribution in [-0.2, 0) is 0 Å². The summed E-state index contributed by atoms with van der Waals surface area (Å²) in [5.74, 6) is 0. The van der Waals surface area contributed by atoms with Crippen LogP contribution in [0.4, 0.5) is 0 Å². The number of hydrogen-bond acceptors (Lipinski definition) is 2. The van der Waals surface area contributed by atoms with Crippen molar-refractivity contribution in [3.8, 4) is 0 Å². The molecule has 0 saturated carbocycles. The first kappa shape index (κ1) is 10.2. The second kappa shape index (κ2) is 3.35. The van der Waals surface area contributed by atoms with Crippen LogP contribution in [0.5, 0.6) is 0 Å². The van der Waals surface area contributed by atoms with Gasteiger partial charge in [-0.2, -0.15) is 0 Å². The molecular formula is C10H20INO. The van der Waals surface area contributed by atoms with Crippen molar-refractivity contribution < 1.29 is 5.11 Å². The Morgan fingerprint density at radius 1 is 1.23 bits per heavy atom. The molecule has 2 nitrogen and oxygen atoms in total. The number of fused-ring (bicyclic) bond motifs is 2. The predicted molar refractivity (Wildman–Crippen MR) is 64.4 cm³/mol. The SMILES string of the molecule is CI(C)N1C2CCC1CC(C)(O)C2. The van der Waals surface area contributed by atoms with E-state index in [0.29, 0.717) is 12.1 Å². The first-order chi connectivity index (χ1) is 5.99. The quantitative estimate of drug-likeness (QED) is 0.455. The molecule has 0 aliphatic carbocycles. The zero-order valence-electron chi connectivity index (χ0n) is 8.76. The van der Waals surface area contributed by atoms with Gasteiger partial charge in [0.2, 0.25) is 0 Å². The average molecular weight is 297 g/mol. The molecule has 2 aliphatic rings. The third-order valence-electron chi connectivity index (χ3n) is 3.27. The molecule has 0 aromatic heterocycles. The molecule has 0 radical (unpaired) electrons. The second-order valence-electron chi connectivity index (χ2n) is 4.85. The molecule has 2 unspecified atom stereocenters. The van der Waals surface area contributed by atoms with E-state index in [4.69, 9.17) is 0 Å². The van der Waals surface area contributed by atoms with Crippen LogP contribution in [0.2, 0.25) is 0 Å². The number of nitrogens with zero attached hydrogens (tertiary/aromatic N) is 1. The summed E-state index contributed by atoms with van der Waals surface area (Å²) in [5.41, 5.74) is -0.367. The fourth-order valence-electron chi connectivity index (χ4n) is 2.96. The van der Waals surface area contributed by atoms with Crippen molar-refractivity contribution in [1.82, 2.24) is 3.11 Å². The Morgan fingerprint density at radius 3 is 2.08 bits per heavy atom. The van der Waals surface area contributed by atoms with Crippen LogP contribution in [0.1, 0.15) is 32.6 Å². The molecule has 1 N–H and O–H groups in total. The minimum absolute atomic E-state index is 0.367. The molecule has 0 aromatic rings. The molecule has 0 aromatic carbocycles. The number of aliphatic hydroxyl groups is 1. The molecule has 0 amide bonds. The zero-order valence-corrected chi connectivity index (χ0v) is 10.9. The van der Waals surface area contributed by atoms with Crippen LogP contribution in [0.15, 0.2) is 0 Å². The van der Waals surface area contributed by atoms with E-state index in [2.05, 4.69) is 13.0 Å². The van der Waals surface area contributed by atoms with E-state index in [1.807, 2.05) is 6.92 Å². The van der Waals surface area contributed by atoms with Crippen molar-refractivity contribution in [2.24, 2.45) is 0 Å². The maximum absolute atomic E-state index is 10.0. The first-order valence-electron chi connectivity index (χ1n) is 5.01. The third kappa shape index (κ3) is 1.88. The normalized spacial score (nSPS) is 46.6. The van der Waals surface area contributed by atoms with Crippen LogP contribution in [0, 0.1) is 0 Å². The Kier molecular flexibility index (Phi) is 2.62. The summed E-state index contributed by atoms with van der Waals surface area (Å²) in [7, 11) is 0. The fraction of sp³-hybridized carbons (Fsp3) is 1.00. The summed E-state index contributed by atoms with van der Waals surface area (Å²) >= 11 is -0.806. The van der Waals surface area contributed by atoms with Gasteiger partial charge >= 0.3 is 88.5 Å². The average Bonchev–Trinajstić information content (AvgIpc) is 2.23. The van der Waals surface area contributed by atoms with Gasteiger partial charge in [-0.3, -0.25) is 0 Å². The van der Waals surface area contributed by atoms with Gasteiger partial charge in [0.25, 0.3) is 0 Å². The molecule has 2 heterocycles. The Balaban J connectivity index is 2.13. The summed E-state index contributed by atoms with van der Waals surface area (Å²) in [4.78, 5) is 4.85. The van der Waals surface area contributed by atoms with Crippen molar-refractivity contribution in [3.05, 3.63) is 0 Å². The van der Waals surface area contributed by atoms with Gasteiger partial charge in [-0.1, -0.05) is 0 Å². The molecule has 2 aliphatic heterocycles. The van der Waals surface area contributed by atoms with Gasteiger partial charge in [0.1, 0.15) is 0 Å². The first-order valence-corrected chi connectivity index (χ1v) is 10.3. The van der Waals surface area contributed by atoms with E-state index < -0.39 is 20.1 Å². The zero-order chi connectivity index (χ0) is 9.64. The van der Waals surface area contributed by atoms with E-state index >= 15 is 0 Å². The van der Waals surface area contributed by atoms with Gasteiger partial charge in [-0.15, -0.1) is 0 Å². The molecule has 0 spiro atoms. The van der Waals surface area contributed by atoms with Crippen LogP contribution in [0.3, 0.4) is 0 Å². The van der Waals surface area contributed by atoms with Crippen molar-refractivity contribution in [1.29, 1.82) is 0 Å². The van der Waals surface area contributed by atoms with Crippen LogP contribution in [0.25, 0.3) is 0 Å². The molecule has 13 heavy (non-hydrogen) atoms. The third-order valence-corrected chi connectivity index (χ3v) is 7.08. The number of piperidine rings is 1. The molecule has 2 saturated heterocycles. The van der Waals surface area contributed by atoms with Gasteiger partial charge in [0.05, 0.1) is 0 Å². The van der Waals surface area contributed by atoms with Crippen LogP contribution < -0.4 is 0 Å². The Bertz CT molecular complexity index is 189. The number of hydrogen-bond donors (Lipinski definition) is 1. The van der Waals surface area contributed by atoms with Gasteiger partial charge in [-0.05, 0) is 0 Å². The molecule has 2 rings (SSSR count). The topological polar surface area (TPSA) is 23.5 Å². The number of rotatable bonds is 1. The molecule has 2 bridgehead atoms. The molecule has 3 heteroatoms. The summed E-state index contributed by atoms with van der Waals surface area (Å²) in [5, 5.41) is 10.0. The van der Waals surface area contributed by atoms with E-state index in [1.165, 1.54) is 12.8 Å². The summed E-state index contributed by atoms with van der Waals surface area (Å²) in [6.45, 7) is 2.01. The summed E-state index contributed by atoms with van der Waals surface area (Å²) in [6.07, 6.45) is 4.69. The monoisotopic (exact) mass is 297 g/mol. The van der Waals surface area contributed by atoms with E-state index in [1.54, 1.807) is 0 Å². The van der Waals surface area contributed by atoms with Gasteiger partial charge in [-0.25, -0.2) is 0 Å². The van der Waals surface area contributed by atoms with E-state index in [9.17, 15) is 5.11 Å². The van der Waals surface area contributed by atoms with Gasteiger partial charge in [0.15, 0.2) is 0 Å². The maximum atomic E-state index is 10.0. The van der Waals surface area contributed by atoms with Gasteiger partial charge < -0.3 is 0 Å². The second-order valence-corrected chi connectivity index (χ2v) is 10.1. The predicted octanol–water partition coefficient (Wildman–Crippen LogP) is 2.05. The molecular weight excluding hydrogens is 277 g/mol. The van der Waals surface area contributed by atoms with Crippen molar-refractivity contribution in [2.45, 2.75) is 50.3 Å². The summed E-state index contributed by atoms with van der Waals surface area (Å²) < 4.78 is 2.77. The number of alkyl halides is 2. The Morgan fingerprint density at radius 2 is 1.69 bits per heavy atom. The minimum atomic E-state index is -0.806. The molecule has 78 valence electrons. The molecule has 2 atom stereocenters. The van der Waals surface area contributed by atoms with E-state index in [-0.39, 0.29) is 5.60 Å². The Labute approximate surface area is 88.4 Å². The fourth-order valence-corrected chi connectivity index (χ4v) is 7.06.